The predicted molar refractivity (Wildman–Crippen MR) is 70.9 cm³/mol. The van der Waals surface area contributed by atoms with Gasteiger partial charge in [0.05, 0.1) is 0 Å². The molecule has 1 N–H and O–H groups in total. The fourth-order valence-corrected chi connectivity index (χ4v) is 2.67. The van der Waals surface area contributed by atoms with Crippen molar-refractivity contribution in [1.29, 1.82) is 0 Å². The SMILES string of the molecule is CNCC1CCCCN1Cc1cncc(C)c1. The highest BCUT2D eigenvalue weighted by Gasteiger charge is 2.21. The zero-order valence-corrected chi connectivity index (χ0v) is 10.9. The normalized spacial score (nSPS) is 21.6. The van der Waals surface area contributed by atoms with E-state index in [2.05, 4.69) is 28.2 Å². The number of hydrogen-bond acceptors (Lipinski definition) is 3. The second kappa shape index (κ2) is 6.12. The fourth-order valence-electron chi connectivity index (χ4n) is 2.67. The summed E-state index contributed by atoms with van der Waals surface area (Å²) >= 11 is 0. The summed E-state index contributed by atoms with van der Waals surface area (Å²) in [5.41, 5.74) is 2.60. The number of likely N-dealkylation sites (N-methyl/N-ethyl adjacent to an activating group) is 1. The van der Waals surface area contributed by atoms with E-state index in [1.165, 1.54) is 36.9 Å². The summed E-state index contributed by atoms with van der Waals surface area (Å²) in [6, 6.07) is 2.94. The Hall–Kier alpha value is -0.930. The molecule has 0 aromatic carbocycles. The van der Waals surface area contributed by atoms with E-state index in [0.29, 0.717) is 6.04 Å². The Bertz CT molecular complexity index is 349. The summed E-state index contributed by atoms with van der Waals surface area (Å²) < 4.78 is 0. The molecular formula is C14H23N3. The molecule has 0 saturated carbocycles. The van der Waals surface area contributed by atoms with Crippen LogP contribution in [-0.4, -0.2) is 36.1 Å². The van der Waals surface area contributed by atoms with E-state index in [9.17, 15) is 0 Å². The standard InChI is InChI=1S/C14H23N3/c1-12-7-13(9-16-8-12)11-17-6-4-3-5-14(17)10-15-2/h7-9,14-15H,3-6,10-11H2,1-2H3. The van der Waals surface area contributed by atoms with Crippen molar-refractivity contribution in [2.24, 2.45) is 0 Å². The molecule has 94 valence electrons. The lowest BCUT2D eigenvalue weighted by atomic mass is 10.0. The van der Waals surface area contributed by atoms with Crippen LogP contribution >= 0.6 is 0 Å². The molecule has 1 aromatic rings. The van der Waals surface area contributed by atoms with Crippen molar-refractivity contribution in [2.45, 2.75) is 38.8 Å². The van der Waals surface area contributed by atoms with Crippen molar-refractivity contribution in [1.82, 2.24) is 15.2 Å². The molecule has 1 atom stereocenters. The van der Waals surface area contributed by atoms with Gasteiger partial charge in [-0.2, -0.15) is 0 Å². The van der Waals surface area contributed by atoms with Crippen LogP contribution in [0.3, 0.4) is 0 Å². The van der Waals surface area contributed by atoms with Crippen LogP contribution in [0.15, 0.2) is 18.5 Å². The van der Waals surface area contributed by atoms with Crippen LogP contribution in [0.1, 0.15) is 30.4 Å². The number of aryl methyl sites for hydroxylation is 1. The van der Waals surface area contributed by atoms with Crippen molar-refractivity contribution in [2.75, 3.05) is 20.1 Å². The lowest BCUT2D eigenvalue weighted by molar-refractivity contribution is 0.139. The molecule has 0 amide bonds. The van der Waals surface area contributed by atoms with Crippen LogP contribution in [0.5, 0.6) is 0 Å². The zero-order valence-electron chi connectivity index (χ0n) is 10.9. The maximum Gasteiger partial charge on any atom is 0.0313 e. The molecule has 1 aromatic heterocycles. The molecule has 3 nitrogen and oxygen atoms in total. The Labute approximate surface area is 104 Å². The number of hydrogen-bond donors (Lipinski definition) is 1. The van der Waals surface area contributed by atoms with Crippen LogP contribution in [-0.2, 0) is 6.54 Å². The van der Waals surface area contributed by atoms with Crippen LogP contribution < -0.4 is 5.32 Å². The summed E-state index contributed by atoms with van der Waals surface area (Å²) in [6.45, 7) is 5.47. The van der Waals surface area contributed by atoms with Gasteiger partial charge in [0.2, 0.25) is 0 Å². The van der Waals surface area contributed by atoms with Gasteiger partial charge >= 0.3 is 0 Å². The maximum absolute atomic E-state index is 4.28. The highest BCUT2D eigenvalue weighted by atomic mass is 15.2. The fraction of sp³-hybridized carbons (Fsp3) is 0.643. The van der Waals surface area contributed by atoms with Gasteiger partial charge in [-0.25, -0.2) is 0 Å². The first-order valence-corrected chi connectivity index (χ1v) is 6.59. The third-order valence-corrected chi connectivity index (χ3v) is 3.51. The number of piperidine rings is 1. The molecule has 2 rings (SSSR count). The molecule has 1 unspecified atom stereocenters. The molecule has 1 aliphatic heterocycles. The van der Waals surface area contributed by atoms with Crippen LogP contribution in [0.4, 0.5) is 0 Å². The van der Waals surface area contributed by atoms with E-state index >= 15 is 0 Å². The first kappa shape index (κ1) is 12.5. The van der Waals surface area contributed by atoms with Crippen LogP contribution in [0.25, 0.3) is 0 Å². The van der Waals surface area contributed by atoms with E-state index < -0.39 is 0 Å². The Morgan fingerprint density at radius 1 is 1.41 bits per heavy atom. The number of nitrogens with zero attached hydrogens (tertiary/aromatic N) is 2. The van der Waals surface area contributed by atoms with Gasteiger partial charge in [0, 0.05) is 31.5 Å². The molecule has 0 bridgehead atoms. The first-order chi connectivity index (χ1) is 8.29. The summed E-state index contributed by atoms with van der Waals surface area (Å²) in [6.07, 6.45) is 7.94. The number of rotatable bonds is 4. The van der Waals surface area contributed by atoms with Crippen molar-refractivity contribution < 1.29 is 0 Å². The van der Waals surface area contributed by atoms with Crippen LogP contribution in [0, 0.1) is 6.92 Å². The van der Waals surface area contributed by atoms with Crippen molar-refractivity contribution in [3.05, 3.63) is 29.6 Å². The third kappa shape index (κ3) is 3.51. The lowest BCUT2D eigenvalue weighted by Crippen LogP contribution is -2.44. The minimum Gasteiger partial charge on any atom is -0.318 e. The molecule has 0 radical (unpaired) electrons. The average molecular weight is 233 g/mol. The molecule has 0 spiro atoms. The van der Waals surface area contributed by atoms with E-state index in [1.807, 2.05) is 19.4 Å². The van der Waals surface area contributed by atoms with Gasteiger partial charge in [-0.15, -0.1) is 0 Å². The van der Waals surface area contributed by atoms with Gasteiger partial charge in [-0.05, 0) is 44.5 Å². The largest absolute Gasteiger partial charge is 0.318 e. The highest BCUT2D eigenvalue weighted by molar-refractivity contribution is 5.16. The Kier molecular flexibility index (Phi) is 4.51. The molecule has 2 heterocycles. The van der Waals surface area contributed by atoms with Crippen molar-refractivity contribution in [3.63, 3.8) is 0 Å². The number of nitrogens with one attached hydrogen (secondary N) is 1. The van der Waals surface area contributed by atoms with E-state index in [1.54, 1.807) is 0 Å². The molecule has 1 aliphatic rings. The number of aromatic nitrogens is 1. The second-order valence-corrected chi connectivity index (χ2v) is 5.05. The first-order valence-electron chi connectivity index (χ1n) is 6.59. The smallest absolute Gasteiger partial charge is 0.0313 e. The average Bonchev–Trinajstić information content (AvgIpc) is 2.32. The topological polar surface area (TPSA) is 28.2 Å². The van der Waals surface area contributed by atoms with Gasteiger partial charge in [-0.1, -0.05) is 12.5 Å². The van der Waals surface area contributed by atoms with Gasteiger partial charge in [0.25, 0.3) is 0 Å². The monoisotopic (exact) mass is 233 g/mol. The van der Waals surface area contributed by atoms with Gasteiger partial charge in [-0.3, -0.25) is 9.88 Å². The summed E-state index contributed by atoms with van der Waals surface area (Å²) in [5, 5.41) is 3.31. The Morgan fingerprint density at radius 2 is 2.29 bits per heavy atom. The lowest BCUT2D eigenvalue weighted by Gasteiger charge is -2.35. The van der Waals surface area contributed by atoms with E-state index in [0.717, 1.165) is 13.1 Å². The minimum absolute atomic E-state index is 0.689. The Morgan fingerprint density at radius 3 is 3.06 bits per heavy atom. The summed E-state index contributed by atoms with van der Waals surface area (Å²) in [5.74, 6) is 0. The molecule has 17 heavy (non-hydrogen) atoms. The minimum atomic E-state index is 0.689. The van der Waals surface area contributed by atoms with Gasteiger partial charge in [0.15, 0.2) is 0 Å². The number of pyridine rings is 1. The molecule has 0 aliphatic carbocycles. The van der Waals surface area contributed by atoms with E-state index in [-0.39, 0.29) is 0 Å². The van der Waals surface area contributed by atoms with Crippen molar-refractivity contribution in [3.8, 4) is 0 Å². The molecule has 1 fully saturated rings. The molecule has 1 saturated heterocycles. The molecule has 3 heteroatoms. The highest BCUT2D eigenvalue weighted by Crippen LogP contribution is 2.19. The predicted octanol–water partition coefficient (Wildman–Crippen LogP) is 1.96. The van der Waals surface area contributed by atoms with Gasteiger partial charge in [0.1, 0.15) is 0 Å². The second-order valence-electron chi connectivity index (χ2n) is 5.05. The summed E-state index contributed by atoms with van der Waals surface area (Å²) in [4.78, 5) is 6.87. The van der Waals surface area contributed by atoms with Crippen molar-refractivity contribution >= 4 is 0 Å². The quantitative estimate of drug-likeness (QED) is 0.861. The Balaban J connectivity index is 2.00. The van der Waals surface area contributed by atoms with Gasteiger partial charge < -0.3 is 5.32 Å². The maximum atomic E-state index is 4.28. The third-order valence-electron chi connectivity index (χ3n) is 3.51. The summed E-state index contributed by atoms with van der Waals surface area (Å²) in [7, 11) is 2.04. The number of likely N-dealkylation sites (tertiary alicyclic amines) is 1. The zero-order chi connectivity index (χ0) is 12.1. The molecular weight excluding hydrogens is 210 g/mol. The van der Waals surface area contributed by atoms with E-state index in [4.69, 9.17) is 0 Å². The van der Waals surface area contributed by atoms with Crippen LogP contribution in [0.2, 0.25) is 0 Å².